The van der Waals surface area contributed by atoms with Crippen LogP contribution in [0.2, 0.25) is 10.0 Å². The van der Waals surface area contributed by atoms with Gasteiger partial charge in [0.1, 0.15) is 17.8 Å². The summed E-state index contributed by atoms with van der Waals surface area (Å²) in [6.45, 7) is 1.95. The number of carbonyl (C=O) groups is 1. The van der Waals surface area contributed by atoms with Crippen LogP contribution < -0.4 is 4.74 Å². The van der Waals surface area contributed by atoms with Gasteiger partial charge in [0, 0.05) is 5.56 Å². The molecule has 0 aliphatic heterocycles. The van der Waals surface area contributed by atoms with Gasteiger partial charge in [0.05, 0.1) is 10.0 Å². The van der Waals surface area contributed by atoms with E-state index in [1.54, 1.807) is 24.3 Å². The fourth-order valence-corrected chi connectivity index (χ4v) is 1.98. The first kappa shape index (κ1) is 12.9. The smallest absolute Gasteiger partial charge is 0.150 e. The zero-order chi connectivity index (χ0) is 13.1. The molecule has 4 heteroatoms. The lowest BCUT2D eigenvalue weighted by molar-refractivity contribution is 0.112. The van der Waals surface area contributed by atoms with Crippen LogP contribution in [0.25, 0.3) is 0 Å². The number of halogens is 2. The van der Waals surface area contributed by atoms with E-state index in [9.17, 15) is 4.79 Å². The molecule has 0 saturated carbocycles. The highest BCUT2D eigenvalue weighted by atomic mass is 35.5. The number of ether oxygens (including phenoxy) is 1. The van der Waals surface area contributed by atoms with Crippen LogP contribution in [0.3, 0.4) is 0 Å². The predicted molar refractivity (Wildman–Crippen MR) is 73.1 cm³/mol. The number of aldehydes is 1. The highest BCUT2D eigenvalue weighted by Gasteiger charge is 2.07. The molecule has 0 atom stereocenters. The molecule has 2 nitrogen and oxygen atoms in total. The summed E-state index contributed by atoms with van der Waals surface area (Å²) in [5.41, 5.74) is 1.55. The predicted octanol–water partition coefficient (Wildman–Crippen LogP) is 4.91. The molecule has 0 N–H and O–H groups in total. The number of aryl methyl sites for hydroxylation is 1. The molecule has 0 unspecified atom stereocenters. The Balaban J connectivity index is 2.31. The van der Waals surface area contributed by atoms with Gasteiger partial charge in [-0.15, -0.1) is 0 Å². The van der Waals surface area contributed by atoms with E-state index in [-0.39, 0.29) is 0 Å². The van der Waals surface area contributed by atoms with E-state index in [0.717, 1.165) is 11.8 Å². The third-order valence-electron chi connectivity index (χ3n) is 2.40. The normalized spacial score (nSPS) is 10.2. The van der Waals surface area contributed by atoms with Gasteiger partial charge in [0.25, 0.3) is 0 Å². The fraction of sp³-hybridized carbons (Fsp3) is 0.0714. The molecular weight excluding hydrogens is 271 g/mol. The lowest BCUT2D eigenvalue weighted by Gasteiger charge is -2.09. The van der Waals surface area contributed by atoms with Crippen LogP contribution >= 0.6 is 23.2 Å². The molecule has 2 aromatic rings. The van der Waals surface area contributed by atoms with Gasteiger partial charge in [0.15, 0.2) is 0 Å². The van der Waals surface area contributed by atoms with Crippen molar-refractivity contribution in [1.29, 1.82) is 0 Å². The number of hydrogen-bond donors (Lipinski definition) is 0. The molecule has 0 radical (unpaired) electrons. The van der Waals surface area contributed by atoms with Gasteiger partial charge < -0.3 is 4.74 Å². The van der Waals surface area contributed by atoms with E-state index in [0.29, 0.717) is 27.1 Å². The largest absolute Gasteiger partial charge is 0.454 e. The van der Waals surface area contributed by atoms with Gasteiger partial charge in [-0.3, -0.25) is 4.79 Å². The Hall–Kier alpha value is -1.51. The fourth-order valence-electron chi connectivity index (χ4n) is 1.48. The monoisotopic (exact) mass is 280 g/mol. The van der Waals surface area contributed by atoms with Gasteiger partial charge in [-0.1, -0.05) is 29.3 Å². The Morgan fingerprint density at radius 1 is 1.00 bits per heavy atom. The van der Waals surface area contributed by atoms with Crippen LogP contribution in [-0.4, -0.2) is 6.29 Å². The van der Waals surface area contributed by atoms with Crippen molar-refractivity contribution in [3.8, 4) is 11.5 Å². The molecular formula is C14H10Cl2O2. The quantitative estimate of drug-likeness (QED) is 0.747. The maximum Gasteiger partial charge on any atom is 0.150 e. The molecule has 0 aliphatic rings. The Bertz CT molecular complexity index is 594. The van der Waals surface area contributed by atoms with E-state index in [4.69, 9.17) is 27.9 Å². The van der Waals surface area contributed by atoms with E-state index < -0.39 is 0 Å². The highest BCUT2D eigenvalue weighted by Crippen LogP contribution is 2.34. The molecule has 0 fully saturated rings. The number of benzene rings is 2. The zero-order valence-corrected chi connectivity index (χ0v) is 11.1. The van der Waals surface area contributed by atoms with Crippen LogP contribution in [-0.2, 0) is 0 Å². The standard InChI is InChI=1S/C14H10Cl2O2/c1-9-2-4-13(11(15)6-9)18-14-5-3-10(8-17)7-12(14)16/h2-8H,1H3. The molecule has 0 saturated heterocycles. The first-order valence-electron chi connectivity index (χ1n) is 5.29. The molecule has 18 heavy (non-hydrogen) atoms. The Labute approximate surface area is 115 Å². The van der Waals surface area contributed by atoms with Gasteiger partial charge in [-0.25, -0.2) is 0 Å². The molecule has 0 bridgehead atoms. The number of hydrogen-bond acceptors (Lipinski definition) is 2. The average molecular weight is 281 g/mol. The summed E-state index contributed by atoms with van der Waals surface area (Å²) in [6, 6.07) is 10.3. The average Bonchev–Trinajstić information content (AvgIpc) is 2.34. The highest BCUT2D eigenvalue weighted by molar-refractivity contribution is 6.33. The minimum Gasteiger partial charge on any atom is -0.454 e. The van der Waals surface area contributed by atoms with Crippen LogP contribution in [0.5, 0.6) is 11.5 Å². The van der Waals surface area contributed by atoms with Crippen LogP contribution in [0.4, 0.5) is 0 Å². The molecule has 92 valence electrons. The lowest BCUT2D eigenvalue weighted by atomic mass is 10.2. The maximum absolute atomic E-state index is 10.6. The summed E-state index contributed by atoms with van der Waals surface area (Å²) in [7, 11) is 0. The second-order valence-corrected chi connectivity index (χ2v) is 4.66. The minimum atomic E-state index is 0.372. The van der Waals surface area contributed by atoms with Gasteiger partial charge in [-0.2, -0.15) is 0 Å². The first-order valence-corrected chi connectivity index (χ1v) is 6.04. The van der Waals surface area contributed by atoms with Crippen molar-refractivity contribution in [2.75, 3.05) is 0 Å². The van der Waals surface area contributed by atoms with E-state index in [1.165, 1.54) is 0 Å². The summed E-state index contributed by atoms with van der Waals surface area (Å²) < 4.78 is 5.61. The van der Waals surface area contributed by atoms with E-state index >= 15 is 0 Å². The molecule has 0 aromatic heterocycles. The van der Waals surface area contributed by atoms with Crippen molar-refractivity contribution in [3.05, 3.63) is 57.6 Å². The van der Waals surface area contributed by atoms with Crippen LogP contribution in [0.1, 0.15) is 15.9 Å². The van der Waals surface area contributed by atoms with Crippen LogP contribution in [0.15, 0.2) is 36.4 Å². The molecule has 2 aromatic carbocycles. The topological polar surface area (TPSA) is 26.3 Å². The maximum atomic E-state index is 10.6. The summed E-state index contributed by atoms with van der Waals surface area (Å²) in [5, 5.41) is 0.891. The van der Waals surface area contributed by atoms with Crippen molar-refractivity contribution < 1.29 is 9.53 Å². The zero-order valence-electron chi connectivity index (χ0n) is 9.61. The summed E-state index contributed by atoms with van der Waals surface area (Å²) >= 11 is 12.1. The van der Waals surface area contributed by atoms with Crippen LogP contribution in [0, 0.1) is 6.92 Å². The third-order valence-corrected chi connectivity index (χ3v) is 2.99. The lowest BCUT2D eigenvalue weighted by Crippen LogP contribution is -1.88. The molecule has 0 spiro atoms. The Morgan fingerprint density at radius 3 is 2.17 bits per heavy atom. The molecule has 0 aliphatic carbocycles. The number of rotatable bonds is 3. The first-order chi connectivity index (χ1) is 8.60. The third kappa shape index (κ3) is 2.84. The summed E-state index contributed by atoms with van der Waals surface area (Å²) in [4.78, 5) is 10.6. The van der Waals surface area contributed by atoms with Crippen molar-refractivity contribution in [1.82, 2.24) is 0 Å². The second kappa shape index (κ2) is 5.42. The van der Waals surface area contributed by atoms with E-state index in [1.807, 2.05) is 19.1 Å². The Kier molecular flexibility index (Phi) is 3.90. The molecule has 2 rings (SSSR count). The summed E-state index contributed by atoms with van der Waals surface area (Å²) in [6.07, 6.45) is 0.731. The van der Waals surface area contributed by atoms with Gasteiger partial charge in [-0.05, 0) is 42.8 Å². The van der Waals surface area contributed by atoms with E-state index in [2.05, 4.69) is 0 Å². The SMILES string of the molecule is Cc1ccc(Oc2ccc(C=O)cc2Cl)c(Cl)c1. The summed E-state index contributed by atoms with van der Waals surface area (Å²) in [5.74, 6) is 0.996. The van der Waals surface area contributed by atoms with Crippen molar-refractivity contribution in [3.63, 3.8) is 0 Å². The Morgan fingerprint density at radius 2 is 1.61 bits per heavy atom. The minimum absolute atomic E-state index is 0.372. The number of carbonyl (C=O) groups excluding carboxylic acids is 1. The molecule has 0 heterocycles. The van der Waals surface area contributed by atoms with Gasteiger partial charge in [0.2, 0.25) is 0 Å². The second-order valence-electron chi connectivity index (χ2n) is 3.84. The molecule has 0 amide bonds. The van der Waals surface area contributed by atoms with Crippen molar-refractivity contribution in [2.24, 2.45) is 0 Å². The van der Waals surface area contributed by atoms with Gasteiger partial charge >= 0.3 is 0 Å². The van der Waals surface area contributed by atoms with Crippen molar-refractivity contribution in [2.45, 2.75) is 6.92 Å². The van der Waals surface area contributed by atoms with Crippen molar-refractivity contribution >= 4 is 29.5 Å².